The van der Waals surface area contributed by atoms with Gasteiger partial charge in [0.25, 0.3) is 0 Å². The van der Waals surface area contributed by atoms with Gasteiger partial charge in [0.1, 0.15) is 19.3 Å². The number of hydrogen-bond acceptors (Lipinski definition) is 15. The number of hydrogen-bond donors (Lipinski definition) is 3. The molecule has 0 heterocycles. The average Bonchev–Trinajstić information content (AvgIpc) is 1.36. The SMILES string of the molecule is CCCCCCCCCCCCCCCCCCCCCCCCC(=O)O[C@H](COC(=O)CCCCCCCCCCCCCCCCCCCCC)COP(=O)(O)OC[C@@H](O)COP(=O)(O)OC[C@@H](COC(=O)CCCCCCC)OC(=O)CCCCCCCCCCC. The lowest BCUT2D eigenvalue weighted by atomic mass is 10.0. The van der Waals surface area contributed by atoms with Crippen molar-refractivity contribution in [1.82, 2.24) is 0 Å². The molecule has 5 atom stereocenters. The lowest BCUT2D eigenvalue weighted by Gasteiger charge is -2.21. The Hall–Kier alpha value is -1.94. The van der Waals surface area contributed by atoms with Gasteiger partial charge >= 0.3 is 39.5 Å². The monoisotopic (exact) mass is 1400 g/mol. The molecule has 0 bridgehead atoms. The molecule has 0 spiro atoms. The molecule has 0 aromatic rings. The van der Waals surface area contributed by atoms with Crippen LogP contribution in [0.25, 0.3) is 0 Å². The topological polar surface area (TPSA) is 237 Å². The molecule has 0 radical (unpaired) electrons. The van der Waals surface area contributed by atoms with Crippen LogP contribution in [0.4, 0.5) is 0 Å². The minimum Gasteiger partial charge on any atom is -0.462 e. The molecule has 3 N–H and O–H groups in total. The maximum atomic E-state index is 13.1. The molecular weight excluding hydrogens is 1250 g/mol. The van der Waals surface area contributed by atoms with Crippen LogP contribution in [0.15, 0.2) is 0 Å². The van der Waals surface area contributed by atoms with Gasteiger partial charge in [0, 0.05) is 25.7 Å². The Balaban J connectivity index is 5.08. The van der Waals surface area contributed by atoms with Crippen molar-refractivity contribution in [3.8, 4) is 0 Å². The molecule has 19 heteroatoms. The Labute approximate surface area is 581 Å². The Kier molecular flexibility index (Phi) is 69.1. The van der Waals surface area contributed by atoms with Gasteiger partial charge in [-0.25, -0.2) is 9.13 Å². The standard InChI is InChI=1S/C76H148O17P2/c1-5-9-13-17-20-23-25-27-29-31-33-34-35-37-39-41-43-45-48-51-55-59-63-76(81)93-72(67-87-74(79)61-57-53-49-47-44-42-40-38-36-32-30-28-26-24-21-18-14-10-6-2)69-91-95(84,85)89-65-70(77)64-88-94(82,83)90-68-71(66-86-73(78)60-56-52-16-12-8-4)92-75(80)62-58-54-50-46-22-19-15-11-7-3/h70-72,77H,5-69H2,1-4H3,(H,82,83)(H,84,85)/t70-,71+,72+/m0/s1. The van der Waals surface area contributed by atoms with Crippen LogP contribution in [-0.2, 0) is 65.4 Å². The number of unbranched alkanes of at least 4 members (excludes halogenated alkanes) is 51. The summed E-state index contributed by atoms with van der Waals surface area (Å²) in [5.74, 6) is -2.13. The predicted octanol–water partition coefficient (Wildman–Crippen LogP) is 22.6. The Bertz CT molecular complexity index is 1810. The van der Waals surface area contributed by atoms with E-state index in [4.69, 9.17) is 37.0 Å². The van der Waals surface area contributed by atoms with Gasteiger partial charge < -0.3 is 33.8 Å². The zero-order valence-electron chi connectivity index (χ0n) is 61.6. The van der Waals surface area contributed by atoms with Crippen molar-refractivity contribution in [2.24, 2.45) is 0 Å². The van der Waals surface area contributed by atoms with E-state index in [1.54, 1.807) is 0 Å². The fourth-order valence-electron chi connectivity index (χ4n) is 11.8. The Morgan fingerprint density at radius 1 is 0.253 bits per heavy atom. The maximum absolute atomic E-state index is 13.1. The van der Waals surface area contributed by atoms with Gasteiger partial charge in [0.05, 0.1) is 26.4 Å². The first kappa shape index (κ1) is 93.1. The molecule has 2 unspecified atom stereocenters. The van der Waals surface area contributed by atoms with Crippen LogP contribution < -0.4 is 0 Å². The van der Waals surface area contributed by atoms with Gasteiger partial charge in [0.15, 0.2) is 12.2 Å². The minimum absolute atomic E-state index is 0.105. The zero-order chi connectivity index (χ0) is 69.7. The molecule has 0 fully saturated rings. The van der Waals surface area contributed by atoms with E-state index in [1.807, 2.05) is 0 Å². The van der Waals surface area contributed by atoms with Crippen molar-refractivity contribution in [2.45, 2.75) is 425 Å². The highest BCUT2D eigenvalue weighted by Crippen LogP contribution is 2.45. The number of phosphoric ester groups is 2. The molecule has 564 valence electrons. The molecule has 0 amide bonds. The van der Waals surface area contributed by atoms with Gasteiger partial charge in [-0.1, -0.05) is 355 Å². The van der Waals surface area contributed by atoms with Crippen molar-refractivity contribution in [1.29, 1.82) is 0 Å². The van der Waals surface area contributed by atoms with E-state index < -0.39 is 97.5 Å². The van der Waals surface area contributed by atoms with E-state index in [-0.39, 0.29) is 25.7 Å². The molecule has 95 heavy (non-hydrogen) atoms. The summed E-state index contributed by atoms with van der Waals surface area (Å²) in [5, 5.41) is 10.6. The molecule has 17 nitrogen and oxygen atoms in total. The quantitative estimate of drug-likeness (QED) is 0.0222. The van der Waals surface area contributed by atoms with E-state index in [0.29, 0.717) is 25.7 Å². The first-order valence-electron chi connectivity index (χ1n) is 39.8. The fraction of sp³-hybridized carbons (Fsp3) is 0.947. The molecule has 0 saturated carbocycles. The summed E-state index contributed by atoms with van der Waals surface area (Å²) in [7, 11) is -9.89. The van der Waals surface area contributed by atoms with E-state index in [9.17, 15) is 43.2 Å². The van der Waals surface area contributed by atoms with E-state index >= 15 is 0 Å². The van der Waals surface area contributed by atoms with Crippen molar-refractivity contribution < 1.29 is 80.2 Å². The molecular formula is C76H148O17P2. The highest BCUT2D eigenvalue weighted by atomic mass is 31.2. The number of aliphatic hydroxyl groups is 1. The highest BCUT2D eigenvalue weighted by molar-refractivity contribution is 7.47. The van der Waals surface area contributed by atoms with Crippen LogP contribution in [0.3, 0.4) is 0 Å². The van der Waals surface area contributed by atoms with Crippen LogP contribution in [0, 0.1) is 0 Å². The summed E-state index contributed by atoms with van der Waals surface area (Å²) in [4.78, 5) is 72.4. The number of aliphatic hydroxyl groups excluding tert-OH is 1. The van der Waals surface area contributed by atoms with Crippen LogP contribution in [0.2, 0.25) is 0 Å². The Morgan fingerprint density at radius 3 is 0.621 bits per heavy atom. The van der Waals surface area contributed by atoms with Gasteiger partial charge in [0.2, 0.25) is 0 Å². The lowest BCUT2D eigenvalue weighted by molar-refractivity contribution is -0.161. The zero-order valence-corrected chi connectivity index (χ0v) is 63.4. The van der Waals surface area contributed by atoms with Gasteiger partial charge in [-0.15, -0.1) is 0 Å². The minimum atomic E-state index is -4.95. The van der Waals surface area contributed by atoms with Crippen LogP contribution in [-0.4, -0.2) is 96.7 Å². The molecule has 0 aromatic heterocycles. The third-order valence-corrected chi connectivity index (χ3v) is 19.8. The number of ether oxygens (including phenoxy) is 4. The smallest absolute Gasteiger partial charge is 0.462 e. The predicted molar refractivity (Wildman–Crippen MR) is 386 cm³/mol. The summed E-state index contributed by atoms with van der Waals surface area (Å²) >= 11 is 0. The Morgan fingerprint density at radius 2 is 0.421 bits per heavy atom. The van der Waals surface area contributed by atoms with E-state index in [1.165, 1.54) is 231 Å². The number of phosphoric acid groups is 2. The second-order valence-electron chi connectivity index (χ2n) is 27.4. The molecule has 0 saturated heterocycles. The molecule has 0 aliphatic heterocycles. The van der Waals surface area contributed by atoms with Crippen molar-refractivity contribution in [2.75, 3.05) is 39.6 Å². The molecule has 0 aliphatic rings. The van der Waals surface area contributed by atoms with Crippen molar-refractivity contribution in [3.63, 3.8) is 0 Å². The van der Waals surface area contributed by atoms with Gasteiger partial charge in [-0.2, -0.15) is 0 Å². The summed E-state index contributed by atoms with van der Waals surface area (Å²) in [6.45, 7) is 4.87. The van der Waals surface area contributed by atoms with Gasteiger partial charge in [-0.05, 0) is 25.7 Å². The summed E-state index contributed by atoms with van der Waals surface area (Å²) in [5.41, 5.74) is 0. The largest absolute Gasteiger partial charge is 0.472 e. The molecule has 0 aliphatic carbocycles. The molecule has 0 rings (SSSR count). The van der Waals surface area contributed by atoms with E-state index in [2.05, 4.69) is 27.7 Å². The van der Waals surface area contributed by atoms with Crippen LogP contribution in [0.5, 0.6) is 0 Å². The van der Waals surface area contributed by atoms with Crippen LogP contribution >= 0.6 is 15.6 Å². The average molecular weight is 1400 g/mol. The second-order valence-corrected chi connectivity index (χ2v) is 30.3. The number of rotatable bonds is 77. The lowest BCUT2D eigenvalue weighted by Crippen LogP contribution is -2.30. The third kappa shape index (κ3) is 70.3. The maximum Gasteiger partial charge on any atom is 0.472 e. The first-order valence-corrected chi connectivity index (χ1v) is 42.8. The van der Waals surface area contributed by atoms with E-state index in [0.717, 1.165) is 96.3 Å². The second kappa shape index (κ2) is 70.5. The summed E-state index contributed by atoms with van der Waals surface area (Å²) < 4.78 is 68.2. The normalized spacial score (nSPS) is 13.9. The van der Waals surface area contributed by atoms with Crippen LogP contribution in [0.1, 0.15) is 407 Å². The van der Waals surface area contributed by atoms with Crippen molar-refractivity contribution in [3.05, 3.63) is 0 Å². The summed E-state index contributed by atoms with van der Waals surface area (Å²) in [6.07, 6.45) is 61.8. The number of esters is 4. The molecule has 0 aromatic carbocycles. The highest BCUT2D eigenvalue weighted by Gasteiger charge is 2.30. The van der Waals surface area contributed by atoms with Gasteiger partial charge in [-0.3, -0.25) is 37.3 Å². The first-order chi connectivity index (χ1) is 46.2. The third-order valence-electron chi connectivity index (χ3n) is 17.9. The number of carbonyl (C=O) groups is 4. The summed E-state index contributed by atoms with van der Waals surface area (Å²) in [6, 6.07) is 0. The fourth-order valence-corrected chi connectivity index (χ4v) is 13.3. The van der Waals surface area contributed by atoms with Crippen molar-refractivity contribution >= 4 is 39.5 Å². The number of carbonyl (C=O) groups excluding carboxylic acids is 4.